The Morgan fingerprint density at radius 1 is 1.16 bits per heavy atom. The quantitative estimate of drug-likeness (QED) is 0.837. The summed E-state index contributed by atoms with van der Waals surface area (Å²) in [5.41, 5.74) is 0. The largest absolute Gasteiger partial charge is 0.354 e. The molecule has 1 amide bonds. The first-order valence-corrected chi connectivity index (χ1v) is 7.80. The molecule has 2 saturated heterocycles. The summed E-state index contributed by atoms with van der Waals surface area (Å²) in [6, 6.07) is 0.272. The number of carbonyl (C=O) groups excluding carboxylic acids is 2. The van der Waals surface area contributed by atoms with E-state index in [1.54, 1.807) is 0 Å². The first kappa shape index (κ1) is 13.1. The first-order chi connectivity index (χ1) is 9.25. The molecule has 1 saturated carbocycles. The van der Waals surface area contributed by atoms with E-state index in [-0.39, 0.29) is 17.9 Å². The molecule has 2 unspecified atom stereocenters. The number of rotatable bonds is 3. The van der Waals surface area contributed by atoms with Crippen LogP contribution in [0.5, 0.6) is 0 Å². The molecule has 4 heteroatoms. The molecule has 19 heavy (non-hydrogen) atoms. The molecular weight excluding hydrogens is 240 g/mol. The zero-order valence-electron chi connectivity index (χ0n) is 11.6. The average Bonchev–Trinajstić information content (AvgIpc) is 2.83. The van der Waals surface area contributed by atoms with Gasteiger partial charge in [-0.25, -0.2) is 0 Å². The molecule has 2 aliphatic heterocycles. The molecule has 0 radical (unpaired) electrons. The molecule has 3 rings (SSSR count). The Morgan fingerprint density at radius 3 is 2.74 bits per heavy atom. The van der Waals surface area contributed by atoms with Crippen molar-refractivity contribution in [2.75, 3.05) is 19.6 Å². The molecular formula is C15H24N2O2. The predicted octanol–water partition coefficient (Wildman–Crippen LogP) is 1.35. The fourth-order valence-corrected chi connectivity index (χ4v) is 3.99. The van der Waals surface area contributed by atoms with Gasteiger partial charge in [0.15, 0.2) is 0 Å². The van der Waals surface area contributed by atoms with Gasteiger partial charge in [-0.15, -0.1) is 0 Å². The van der Waals surface area contributed by atoms with E-state index < -0.39 is 0 Å². The molecule has 1 N–H and O–H groups in total. The number of carbonyl (C=O) groups is 2. The van der Waals surface area contributed by atoms with Crippen molar-refractivity contribution in [3.63, 3.8) is 0 Å². The van der Waals surface area contributed by atoms with Gasteiger partial charge >= 0.3 is 0 Å². The zero-order valence-corrected chi connectivity index (χ0v) is 11.6. The smallest absolute Gasteiger partial charge is 0.224 e. The van der Waals surface area contributed by atoms with Crippen molar-refractivity contribution in [1.82, 2.24) is 10.2 Å². The molecule has 4 nitrogen and oxygen atoms in total. The molecule has 2 heterocycles. The van der Waals surface area contributed by atoms with Crippen LogP contribution in [-0.2, 0) is 9.59 Å². The van der Waals surface area contributed by atoms with Crippen LogP contribution in [0.25, 0.3) is 0 Å². The highest BCUT2D eigenvalue weighted by Gasteiger charge is 2.41. The Labute approximate surface area is 114 Å². The number of nitrogens with one attached hydrogen (secondary N) is 1. The summed E-state index contributed by atoms with van der Waals surface area (Å²) in [5.74, 6) is 1.03. The lowest BCUT2D eigenvalue weighted by Gasteiger charge is -2.36. The van der Waals surface area contributed by atoms with Crippen molar-refractivity contribution in [2.24, 2.45) is 11.8 Å². The van der Waals surface area contributed by atoms with E-state index in [1.165, 1.54) is 19.3 Å². The number of piperidine rings is 1. The lowest BCUT2D eigenvalue weighted by molar-refractivity contribution is -0.128. The van der Waals surface area contributed by atoms with Gasteiger partial charge in [-0.2, -0.15) is 0 Å². The van der Waals surface area contributed by atoms with Crippen molar-refractivity contribution in [1.29, 1.82) is 0 Å². The highest BCUT2D eigenvalue weighted by Crippen LogP contribution is 2.29. The second-order valence-electron chi connectivity index (χ2n) is 6.33. The third-order valence-electron chi connectivity index (χ3n) is 5.14. The molecule has 106 valence electrons. The van der Waals surface area contributed by atoms with Crippen molar-refractivity contribution < 1.29 is 9.59 Å². The Hall–Kier alpha value is -0.900. The van der Waals surface area contributed by atoms with Crippen LogP contribution in [0.3, 0.4) is 0 Å². The average molecular weight is 264 g/mol. The van der Waals surface area contributed by atoms with Crippen LogP contribution in [0.15, 0.2) is 0 Å². The SMILES string of the molecule is O=C(CN1CCCC2C(=O)NCC21)C1CCCCC1. The molecule has 1 aliphatic carbocycles. The van der Waals surface area contributed by atoms with Gasteiger partial charge in [0.25, 0.3) is 0 Å². The van der Waals surface area contributed by atoms with Crippen molar-refractivity contribution in [2.45, 2.75) is 51.0 Å². The topological polar surface area (TPSA) is 49.4 Å². The summed E-state index contributed by atoms with van der Waals surface area (Å²) in [4.78, 5) is 26.4. The van der Waals surface area contributed by atoms with E-state index >= 15 is 0 Å². The second kappa shape index (κ2) is 5.61. The maximum Gasteiger partial charge on any atom is 0.224 e. The standard InChI is InChI=1S/C15H24N2O2/c18-14(11-5-2-1-3-6-11)10-17-8-4-7-12-13(17)9-16-15(12)19/h11-13H,1-10H2,(H,16,19). The number of fused-ring (bicyclic) bond motifs is 1. The number of Topliss-reactive ketones (excluding diaryl/α,β-unsaturated/α-hetero) is 1. The highest BCUT2D eigenvalue weighted by atomic mass is 16.2. The summed E-state index contributed by atoms with van der Waals surface area (Å²) in [5, 5.41) is 2.95. The van der Waals surface area contributed by atoms with E-state index in [4.69, 9.17) is 0 Å². The van der Waals surface area contributed by atoms with Crippen molar-refractivity contribution >= 4 is 11.7 Å². The van der Waals surface area contributed by atoms with Gasteiger partial charge in [-0.1, -0.05) is 19.3 Å². The fraction of sp³-hybridized carbons (Fsp3) is 0.867. The molecule has 0 spiro atoms. The Balaban J connectivity index is 1.59. The van der Waals surface area contributed by atoms with Crippen LogP contribution in [-0.4, -0.2) is 42.3 Å². The fourth-order valence-electron chi connectivity index (χ4n) is 3.99. The summed E-state index contributed by atoms with van der Waals surface area (Å²) in [7, 11) is 0. The van der Waals surface area contributed by atoms with Crippen molar-refractivity contribution in [3.05, 3.63) is 0 Å². The summed E-state index contributed by atoms with van der Waals surface area (Å²) in [6.45, 7) is 2.29. The van der Waals surface area contributed by atoms with Crippen LogP contribution < -0.4 is 5.32 Å². The summed E-state index contributed by atoms with van der Waals surface area (Å²) in [6.07, 6.45) is 7.91. The minimum Gasteiger partial charge on any atom is -0.354 e. The van der Waals surface area contributed by atoms with Gasteiger partial charge in [-0.3, -0.25) is 14.5 Å². The van der Waals surface area contributed by atoms with Gasteiger partial charge in [0.05, 0.1) is 12.5 Å². The van der Waals surface area contributed by atoms with E-state index in [2.05, 4.69) is 10.2 Å². The predicted molar refractivity (Wildman–Crippen MR) is 72.7 cm³/mol. The van der Waals surface area contributed by atoms with Gasteiger partial charge in [-0.05, 0) is 32.2 Å². The Morgan fingerprint density at radius 2 is 1.95 bits per heavy atom. The molecule has 0 bridgehead atoms. The van der Waals surface area contributed by atoms with Crippen LogP contribution in [0.1, 0.15) is 44.9 Å². The zero-order chi connectivity index (χ0) is 13.2. The monoisotopic (exact) mass is 264 g/mol. The van der Waals surface area contributed by atoms with E-state index in [1.807, 2.05) is 0 Å². The van der Waals surface area contributed by atoms with Crippen LogP contribution in [0.4, 0.5) is 0 Å². The molecule has 3 fully saturated rings. The minimum absolute atomic E-state index is 0.132. The van der Waals surface area contributed by atoms with Crippen molar-refractivity contribution in [3.8, 4) is 0 Å². The number of nitrogens with zero attached hydrogens (tertiary/aromatic N) is 1. The maximum absolute atomic E-state index is 12.4. The molecule has 3 aliphatic rings. The van der Waals surface area contributed by atoms with E-state index in [0.717, 1.165) is 38.8 Å². The normalized spacial score (nSPS) is 32.9. The second-order valence-corrected chi connectivity index (χ2v) is 6.33. The Kier molecular flexibility index (Phi) is 3.87. The van der Waals surface area contributed by atoms with Gasteiger partial charge < -0.3 is 5.32 Å². The lowest BCUT2D eigenvalue weighted by atomic mass is 9.85. The molecule has 0 aromatic heterocycles. The number of amides is 1. The van der Waals surface area contributed by atoms with Gasteiger partial charge in [0.2, 0.25) is 5.91 Å². The van der Waals surface area contributed by atoms with Gasteiger partial charge in [0.1, 0.15) is 5.78 Å². The maximum atomic E-state index is 12.4. The third-order valence-corrected chi connectivity index (χ3v) is 5.14. The Bertz CT molecular complexity index is 363. The number of hydrogen-bond donors (Lipinski definition) is 1. The van der Waals surface area contributed by atoms with Crippen LogP contribution in [0, 0.1) is 11.8 Å². The number of ketones is 1. The first-order valence-electron chi connectivity index (χ1n) is 7.80. The van der Waals surface area contributed by atoms with E-state index in [0.29, 0.717) is 18.2 Å². The number of hydrogen-bond acceptors (Lipinski definition) is 3. The summed E-state index contributed by atoms with van der Waals surface area (Å²) < 4.78 is 0. The van der Waals surface area contributed by atoms with E-state index in [9.17, 15) is 9.59 Å². The lowest BCUT2D eigenvalue weighted by Crippen LogP contribution is -2.48. The molecule has 0 aromatic carbocycles. The van der Waals surface area contributed by atoms with Crippen LogP contribution >= 0.6 is 0 Å². The minimum atomic E-state index is 0.132. The molecule has 2 atom stereocenters. The summed E-state index contributed by atoms with van der Waals surface area (Å²) >= 11 is 0. The number of likely N-dealkylation sites (tertiary alicyclic amines) is 1. The van der Waals surface area contributed by atoms with Gasteiger partial charge in [0, 0.05) is 18.5 Å². The molecule has 0 aromatic rings. The van der Waals surface area contributed by atoms with Crippen LogP contribution in [0.2, 0.25) is 0 Å². The third kappa shape index (κ3) is 2.69. The highest BCUT2D eigenvalue weighted by molar-refractivity contribution is 5.84.